The molecule has 1 amide bonds. The molecule has 0 saturated carbocycles. The van der Waals surface area contributed by atoms with Crippen molar-refractivity contribution in [1.82, 2.24) is 24.5 Å². The Morgan fingerprint density at radius 1 is 1.26 bits per heavy atom. The molecular weight excluding hydrogens is 494 g/mol. The molecule has 0 unspecified atom stereocenters. The first-order chi connectivity index (χ1) is 18.2. The Labute approximate surface area is 220 Å². The van der Waals surface area contributed by atoms with Gasteiger partial charge in [-0.1, -0.05) is 0 Å². The Kier molecular flexibility index (Phi) is 8.27. The summed E-state index contributed by atoms with van der Waals surface area (Å²) in [6.45, 7) is 9.45. The normalized spacial score (nSPS) is 14.3. The van der Waals surface area contributed by atoms with Gasteiger partial charge >= 0.3 is 12.1 Å². The number of aromatic nitrogens is 4. The Morgan fingerprint density at radius 3 is 2.71 bits per heavy atom. The van der Waals surface area contributed by atoms with Crippen molar-refractivity contribution in [2.75, 3.05) is 56.7 Å². The zero-order valence-electron chi connectivity index (χ0n) is 22.0. The van der Waals surface area contributed by atoms with E-state index in [2.05, 4.69) is 25.3 Å². The van der Waals surface area contributed by atoms with E-state index in [0.29, 0.717) is 43.6 Å². The van der Waals surface area contributed by atoms with Crippen LogP contribution < -0.4 is 15.0 Å². The number of carboxylic acids is 1. The first-order valence-corrected chi connectivity index (χ1v) is 12.3. The topological polar surface area (TPSA) is 144 Å². The molecule has 0 aromatic carbocycles. The second kappa shape index (κ2) is 11.6. The van der Waals surface area contributed by atoms with Crippen molar-refractivity contribution >= 4 is 35.0 Å². The van der Waals surface area contributed by atoms with Gasteiger partial charge in [0.15, 0.2) is 5.65 Å². The zero-order valence-corrected chi connectivity index (χ0v) is 22.0. The maximum atomic E-state index is 13.4. The van der Waals surface area contributed by atoms with E-state index in [9.17, 15) is 14.7 Å². The SMILES string of the molecule is COc1ncccc1Nc1cc(N(CCCN2CCOCC2)C(=O)OC(C)(C)C)n2ncc(C(=O)O)c2n1. The number of morpholine rings is 1. The number of pyridine rings is 1. The number of fused-ring (bicyclic) bond motifs is 1. The van der Waals surface area contributed by atoms with Crippen molar-refractivity contribution in [3.63, 3.8) is 0 Å². The monoisotopic (exact) mass is 527 g/mol. The first kappa shape index (κ1) is 27.1. The lowest BCUT2D eigenvalue weighted by atomic mass is 10.2. The van der Waals surface area contributed by atoms with E-state index in [1.165, 1.54) is 22.7 Å². The first-order valence-electron chi connectivity index (χ1n) is 12.3. The summed E-state index contributed by atoms with van der Waals surface area (Å²) in [5.41, 5.74) is -0.260. The molecule has 1 aliphatic rings. The largest absolute Gasteiger partial charge is 0.480 e. The minimum absolute atomic E-state index is 0.0714. The van der Waals surface area contributed by atoms with Crippen LogP contribution in [0.2, 0.25) is 0 Å². The van der Waals surface area contributed by atoms with Crippen LogP contribution >= 0.6 is 0 Å². The Bertz CT molecular complexity index is 1280. The van der Waals surface area contributed by atoms with E-state index >= 15 is 0 Å². The van der Waals surface area contributed by atoms with Crippen LogP contribution in [0.4, 0.5) is 22.1 Å². The van der Waals surface area contributed by atoms with Gasteiger partial charge in [0.1, 0.15) is 28.5 Å². The summed E-state index contributed by atoms with van der Waals surface area (Å²) in [6, 6.07) is 5.10. The second-order valence-electron chi connectivity index (χ2n) is 9.72. The molecule has 38 heavy (non-hydrogen) atoms. The van der Waals surface area contributed by atoms with Gasteiger partial charge in [0.05, 0.1) is 26.5 Å². The van der Waals surface area contributed by atoms with E-state index in [1.54, 1.807) is 45.2 Å². The number of hydrogen-bond donors (Lipinski definition) is 2. The number of carbonyl (C=O) groups excluding carboxylic acids is 1. The molecule has 204 valence electrons. The number of nitrogens with zero attached hydrogens (tertiary/aromatic N) is 6. The quantitative estimate of drug-likeness (QED) is 0.424. The number of rotatable bonds is 9. The fourth-order valence-corrected chi connectivity index (χ4v) is 4.03. The molecule has 4 rings (SSSR count). The average molecular weight is 528 g/mol. The van der Waals surface area contributed by atoms with E-state index in [4.69, 9.17) is 14.2 Å². The van der Waals surface area contributed by atoms with Gasteiger partial charge in [0.2, 0.25) is 5.88 Å². The molecule has 0 aliphatic carbocycles. The highest BCUT2D eigenvalue weighted by Crippen LogP contribution is 2.29. The fourth-order valence-electron chi connectivity index (χ4n) is 4.03. The van der Waals surface area contributed by atoms with Crippen molar-refractivity contribution < 1.29 is 28.9 Å². The smallest absolute Gasteiger partial charge is 0.416 e. The number of carbonyl (C=O) groups is 2. The van der Waals surface area contributed by atoms with Crippen LogP contribution in [-0.4, -0.2) is 93.8 Å². The number of nitrogens with one attached hydrogen (secondary N) is 1. The predicted molar refractivity (Wildman–Crippen MR) is 139 cm³/mol. The van der Waals surface area contributed by atoms with Crippen LogP contribution in [0.5, 0.6) is 5.88 Å². The minimum Gasteiger partial charge on any atom is -0.480 e. The molecule has 0 radical (unpaired) electrons. The number of hydrogen-bond acceptors (Lipinski definition) is 10. The number of ether oxygens (including phenoxy) is 3. The van der Waals surface area contributed by atoms with Gasteiger partial charge in [0.25, 0.3) is 0 Å². The molecule has 2 N–H and O–H groups in total. The molecule has 0 bridgehead atoms. The summed E-state index contributed by atoms with van der Waals surface area (Å²) in [6.07, 6.45) is 2.87. The van der Waals surface area contributed by atoms with Gasteiger partial charge in [-0.25, -0.2) is 19.6 Å². The zero-order chi connectivity index (χ0) is 27.3. The number of anilines is 3. The Hall–Kier alpha value is -3.97. The summed E-state index contributed by atoms with van der Waals surface area (Å²) in [7, 11) is 1.49. The maximum absolute atomic E-state index is 13.4. The van der Waals surface area contributed by atoms with Crippen LogP contribution in [-0.2, 0) is 9.47 Å². The van der Waals surface area contributed by atoms with Crippen LogP contribution in [0.15, 0.2) is 30.6 Å². The van der Waals surface area contributed by atoms with E-state index in [0.717, 1.165) is 19.6 Å². The van der Waals surface area contributed by atoms with E-state index < -0.39 is 17.7 Å². The van der Waals surface area contributed by atoms with Crippen LogP contribution in [0.25, 0.3) is 5.65 Å². The number of aromatic carboxylic acids is 1. The third-order valence-corrected chi connectivity index (χ3v) is 5.76. The molecule has 1 saturated heterocycles. The summed E-state index contributed by atoms with van der Waals surface area (Å²) in [5.74, 6) is -0.268. The fraction of sp³-hybridized carbons (Fsp3) is 0.480. The maximum Gasteiger partial charge on any atom is 0.416 e. The van der Waals surface area contributed by atoms with Crippen LogP contribution in [0.1, 0.15) is 37.6 Å². The molecule has 1 aliphatic heterocycles. The third-order valence-electron chi connectivity index (χ3n) is 5.76. The Balaban J connectivity index is 1.74. The molecule has 0 spiro atoms. The van der Waals surface area contributed by atoms with Gasteiger partial charge < -0.3 is 24.6 Å². The molecule has 1 fully saturated rings. The van der Waals surface area contributed by atoms with Crippen LogP contribution in [0, 0.1) is 0 Å². The Morgan fingerprint density at radius 2 is 2.03 bits per heavy atom. The lowest BCUT2D eigenvalue weighted by molar-refractivity contribution is 0.0371. The van der Waals surface area contributed by atoms with Crippen molar-refractivity contribution in [2.24, 2.45) is 0 Å². The van der Waals surface area contributed by atoms with Gasteiger partial charge in [-0.05, 0) is 39.3 Å². The number of amides is 1. The summed E-state index contributed by atoms with van der Waals surface area (Å²) < 4.78 is 17.8. The van der Waals surface area contributed by atoms with E-state index in [1.807, 2.05) is 0 Å². The highest BCUT2D eigenvalue weighted by atomic mass is 16.6. The lowest BCUT2D eigenvalue weighted by Crippen LogP contribution is -2.41. The molecule has 0 atom stereocenters. The molecule has 13 heteroatoms. The highest BCUT2D eigenvalue weighted by Gasteiger charge is 2.28. The summed E-state index contributed by atoms with van der Waals surface area (Å²) >= 11 is 0. The van der Waals surface area contributed by atoms with E-state index in [-0.39, 0.29) is 17.0 Å². The van der Waals surface area contributed by atoms with Gasteiger partial charge in [0, 0.05) is 38.4 Å². The average Bonchev–Trinajstić information content (AvgIpc) is 3.30. The predicted octanol–water partition coefficient (Wildman–Crippen LogP) is 3.04. The molecule has 3 aromatic rings. The number of methoxy groups -OCH3 is 1. The number of carboxylic acid groups (broad SMARTS) is 1. The second-order valence-corrected chi connectivity index (χ2v) is 9.72. The van der Waals surface area contributed by atoms with Gasteiger partial charge in [-0.3, -0.25) is 9.80 Å². The van der Waals surface area contributed by atoms with Crippen molar-refractivity contribution in [1.29, 1.82) is 0 Å². The highest BCUT2D eigenvalue weighted by molar-refractivity contribution is 5.95. The standard InChI is InChI=1S/C25H33N7O6/c1-25(2,3)38-24(35)31(10-6-9-30-11-13-37-14-12-30)20-15-19(28-18-7-5-8-26-22(18)36-4)29-21-17(23(33)34)16-27-32(20)21/h5,7-8,15-16H,6,9-14H2,1-4H3,(H,28,29)(H,33,34). The van der Waals surface area contributed by atoms with Gasteiger partial charge in [-0.2, -0.15) is 9.61 Å². The lowest BCUT2D eigenvalue weighted by Gasteiger charge is -2.30. The third kappa shape index (κ3) is 6.47. The molecule has 13 nitrogen and oxygen atoms in total. The van der Waals surface area contributed by atoms with Crippen molar-refractivity contribution in [3.05, 3.63) is 36.2 Å². The van der Waals surface area contributed by atoms with Crippen molar-refractivity contribution in [2.45, 2.75) is 32.8 Å². The van der Waals surface area contributed by atoms with Crippen molar-refractivity contribution in [3.8, 4) is 5.88 Å². The molecule has 3 aromatic heterocycles. The summed E-state index contributed by atoms with van der Waals surface area (Å²) in [4.78, 5) is 37.8. The van der Waals surface area contributed by atoms with Gasteiger partial charge in [-0.15, -0.1) is 0 Å². The molecule has 4 heterocycles. The van der Waals surface area contributed by atoms with Crippen LogP contribution in [0.3, 0.4) is 0 Å². The summed E-state index contributed by atoms with van der Waals surface area (Å²) in [5, 5.41) is 17.1. The minimum atomic E-state index is -1.19. The molecular formula is C25H33N7O6.